The molecule has 3 N–H and O–H groups in total. The predicted octanol–water partition coefficient (Wildman–Crippen LogP) is 1.54. The number of aliphatic carboxylic acids is 1. The molecule has 0 aliphatic heterocycles. The van der Waals surface area contributed by atoms with Gasteiger partial charge in [0.1, 0.15) is 0 Å². The van der Waals surface area contributed by atoms with Crippen LogP contribution in [-0.2, 0) is 11.2 Å². The summed E-state index contributed by atoms with van der Waals surface area (Å²) in [5.41, 5.74) is 6.28. The second-order valence-corrected chi connectivity index (χ2v) is 3.54. The van der Waals surface area contributed by atoms with E-state index >= 15 is 0 Å². The number of benzene rings is 1. The van der Waals surface area contributed by atoms with Crippen molar-refractivity contribution in [3.8, 4) is 0 Å². The highest BCUT2D eigenvalue weighted by Gasteiger charge is 2.15. The van der Waals surface area contributed by atoms with Crippen LogP contribution in [0.1, 0.15) is 5.56 Å². The lowest BCUT2D eigenvalue weighted by Crippen LogP contribution is -2.25. The largest absolute Gasteiger partial charge is 0.481 e. The van der Waals surface area contributed by atoms with E-state index < -0.39 is 11.9 Å². The Balaban J connectivity index is 2.67. The molecule has 0 bridgehead atoms. The standard InChI is InChI=1S/C10H12ClNO2/c11-9-3-1-7(2-4-9)5-8(6-12)10(13)14/h1-4,8H,5-6,12H2,(H,13,14). The van der Waals surface area contributed by atoms with E-state index in [0.717, 1.165) is 5.56 Å². The highest BCUT2D eigenvalue weighted by Crippen LogP contribution is 2.13. The smallest absolute Gasteiger partial charge is 0.308 e. The van der Waals surface area contributed by atoms with Gasteiger partial charge in [-0.15, -0.1) is 0 Å². The van der Waals surface area contributed by atoms with E-state index in [0.29, 0.717) is 11.4 Å². The van der Waals surface area contributed by atoms with E-state index in [1.54, 1.807) is 12.1 Å². The summed E-state index contributed by atoms with van der Waals surface area (Å²) >= 11 is 5.70. The zero-order chi connectivity index (χ0) is 10.6. The molecule has 0 aliphatic rings. The van der Waals surface area contributed by atoms with Crippen molar-refractivity contribution in [1.82, 2.24) is 0 Å². The average Bonchev–Trinajstić information content (AvgIpc) is 2.16. The molecular weight excluding hydrogens is 202 g/mol. The minimum Gasteiger partial charge on any atom is -0.481 e. The third-order valence-electron chi connectivity index (χ3n) is 2.03. The van der Waals surface area contributed by atoms with Crippen molar-refractivity contribution in [2.24, 2.45) is 11.7 Å². The Labute approximate surface area is 87.5 Å². The van der Waals surface area contributed by atoms with Crippen molar-refractivity contribution < 1.29 is 9.90 Å². The van der Waals surface area contributed by atoms with Crippen LogP contribution in [-0.4, -0.2) is 17.6 Å². The van der Waals surface area contributed by atoms with Gasteiger partial charge in [-0.1, -0.05) is 23.7 Å². The maximum Gasteiger partial charge on any atom is 0.308 e. The molecule has 0 amide bonds. The van der Waals surface area contributed by atoms with Gasteiger partial charge in [-0.05, 0) is 24.1 Å². The Hall–Kier alpha value is -1.06. The first kappa shape index (κ1) is 11.0. The Bertz CT molecular complexity index is 310. The van der Waals surface area contributed by atoms with Crippen LogP contribution in [0, 0.1) is 5.92 Å². The molecule has 0 aliphatic carbocycles. The van der Waals surface area contributed by atoms with Crippen molar-refractivity contribution in [2.75, 3.05) is 6.54 Å². The van der Waals surface area contributed by atoms with Crippen molar-refractivity contribution in [3.63, 3.8) is 0 Å². The lowest BCUT2D eigenvalue weighted by molar-refractivity contribution is -0.141. The molecule has 1 aromatic rings. The zero-order valence-electron chi connectivity index (χ0n) is 7.61. The van der Waals surface area contributed by atoms with Gasteiger partial charge in [-0.3, -0.25) is 4.79 Å². The van der Waals surface area contributed by atoms with Gasteiger partial charge < -0.3 is 10.8 Å². The maximum atomic E-state index is 10.7. The highest BCUT2D eigenvalue weighted by molar-refractivity contribution is 6.30. The van der Waals surface area contributed by atoms with Crippen molar-refractivity contribution in [3.05, 3.63) is 34.9 Å². The van der Waals surface area contributed by atoms with Gasteiger partial charge in [0.25, 0.3) is 0 Å². The molecular formula is C10H12ClNO2. The second-order valence-electron chi connectivity index (χ2n) is 3.10. The summed E-state index contributed by atoms with van der Waals surface area (Å²) in [5.74, 6) is -1.38. The molecule has 0 heterocycles. The summed E-state index contributed by atoms with van der Waals surface area (Å²) in [4.78, 5) is 10.7. The highest BCUT2D eigenvalue weighted by atomic mass is 35.5. The van der Waals surface area contributed by atoms with Gasteiger partial charge in [-0.25, -0.2) is 0 Å². The number of carboxylic acid groups (broad SMARTS) is 1. The molecule has 3 nitrogen and oxygen atoms in total. The van der Waals surface area contributed by atoms with Gasteiger partial charge in [0.2, 0.25) is 0 Å². The van der Waals surface area contributed by atoms with Gasteiger partial charge in [0.05, 0.1) is 5.92 Å². The lowest BCUT2D eigenvalue weighted by Gasteiger charge is -2.09. The lowest BCUT2D eigenvalue weighted by atomic mass is 10.00. The second kappa shape index (κ2) is 4.98. The molecule has 0 saturated heterocycles. The summed E-state index contributed by atoms with van der Waals surface area (Å²) in [7, 11) is 0. The van der Waals surface area contributed by atoms with Crippen LogP contribution in [0.4, 0.5) is 0 Å². The van der Waals surface area contributed by atoms with E-state index in [2.05, 4.69) is 0 Å². The Kier molecular flexibility index (Phi) is 3.92. The summed E-state index contributed by atoms with van der Waals surface area (Å²) in [5, 5.41) is 9.43. The van der Waals surface area contributed by atoms with Gasteiger partial charge >= 0.3 is 5.97 Å². The summed E-state index contributed by atoms with van der Waals surface area (Å²) < 4.78 is 0. The molecule has 0 spiro atoms. The SMILES string of the molecule is NCC(Cc1ccc(Cl)cc1)C(=O)O. The number of hydrogen-bond donors (Lipinski definition) is 2. The fraction of sp³-hybridized carbons (Fsp3) is 0.300. The van der Waals surface area contributed by atoms with Gasteiger partial charge in [0.15, 0.2) is 0 Å². The number of rotatable bonds is 4. The molecule has 1 atom stereocenters. The molecule has 1 unspecified atom stereocenters. The number of halogens is 1. The first-order chi connectivity index (χ1) is 6.63. The van der Waals surface area contributed by atoms with E-state index in [1.165, 1.54) is 0 Å². The minimum absolute atomic E-state index is 0.151. The molecule has 0 radical (unpaired) electrons. The third-order valence-corrected chi connectivity index (χ3v) is 2.28. The first-order valence-corrected chi connectivity index (χ1v) is 4.68. The van der Waals surface area contributed by atoms with Crippen LogP contribution < -0.4 is 5.73 Å². The fourth-order valence-electron chi connectivity index (χ4n) is 1.18. The Morgan fingerprint density at radius 3 is 2.43 bits per heavy atom. The van der Waals surface area contributed by atoms with Crippen LogP contribution in [0.2, 0.25) is 5.02 Å². The molecule has 1 rings (SSSR count). The van der Waals surface area contributed by atoms with Crippen LogP contribution in [0.25, 0.3) is 0 Å². The van der Waals surface area contributed by atoms with Crippen LogP contribution in [0.5, 0.6) is 0 Å². The molecule has 0 aromatic heterocycles. The van der Waals surface area contributed by atoms with Crippen molar-refractivity contribution >= 4 is 17.6 Å². The summed E-state index contributed by atoms with van der Waals surface area (Å²) in [6.45, 7) is 0.151. The molecule has 14 heavy (non-hydrogen) atoms. The van der Waals surface area contributed by atoms with Crippen molar-refractivity contribution in [2.45, 2.75) is 6.42 Å². The van der Waals surface area contributed by atoms with Gasteiger partial charge in [-0.2, -0.15) is 0 Å². The molecule has 0 saturated carbocycles. The monoisotopic (exact) mass is 213 g/mol. The molecule has 0 fully saturated rings. The minimum atomic E-state index is -0.859. The van der Waals surface area contributed by atoms with E-state index in [9.17, 15) is 4.79 Å². The van der Waals surface area contributed by atoms with E-state index in [1.807, 2.05) is 12.1 Å². The van der Waals surface area contributed by atoms with Crippen LogP contribution in [0.15, 0.2) is 24.3 Å². The van der Waals surface area contributed by atoms with E-state index in [4.69, 9.17) is 22.4 Å². The topological polar surface area (TPSA) is 63.3 Å². The zero-order valence-corrected chi connectivity index (χ0v) is 8.37. The normalized spacial score (nSPS) is 12.4. The first-order valence-electron chi connectivity index (χ1n) is 4.31. The van der Waals surface area contributed by atoms with Crippen LogP contribution in [0.3, 0.4) is 0 Å². The quantitative estimate of drug-likeness (QED) is 0.798. The maximum absolute atomic E-state index is 10.7. The average molecular weight is 214 g/mol. The molecule has 1 aromatic carbocycles. The summed E-state index contributed by atoms with van der Waals surface area (Å²) in [6, 6.07) is 7.11. The number of carboxylic acids is 1. The Morgan fingerprint density at radius 1 is 1.43 bits per heavy atom. The third kappa shape index (κ3) is 3.01. The van der Waals surface area contributed by atoms with Crippen LogP contribution >= 0.6 is 11.6 Å². The fourth-order valence-corrected chi connectivity index (χ4v) is 1.30. The number of nitrogens with two attached hydrogens (primary N) is 1. The number of carbonyl (C=O) groups is 1. The Morgan fingerprint density at radius 2 is 2.00 bits per heavy atom. The van der Waals surface area contributed by atoms with Crippen molar-refractivity contribution in [1.29, 1.82) is 0 Å². The predicted molar refractivity (Wildman–Crippen MR) is 55.3 cm³/mol. The summed E-state index contributed by atoms with van der Waals surface area (Å²) in [6.07, 6.45) is 0.447. The number of hydrogen-bond acceptors (Lipinski definition) is 2. The molecule has 4 heteroatoms. The van der Waals surface area contributed by atoms with E-state index in [-0.39, 0.29) is 6.54 Å². The van der Waals surface area contributed by atoms with Gasteiger partial charge in [0, 0.05) is 11.6 Å². The molecule has 76 valence electrons.